The second-order valence-corrected chi connectivity index (χ2v) is 5.61. The number of aliphatic hydroxyl groups excluding tert-OH is 1. The van der Waals surface area contributed by atoms with Crippen molar-refractivity contribution in [2.75, 3.05) is 0 Å². The van der Waals surface area contributed by atoms with Crippen molar-refractivity contribution in [1.29, 1.82) is 0 Å². The maximum atomic E-state index is 13.0. The molecule has 1 aliphatic rings. The van der Waals surface area contributed by atoms with Gasteiger partial charge in [-0.3, -0.25) is 5.04 Å². The number of aliphatic hydroxyl groups is 1. The highest BCUT2D eigenvalue weighted by Crippen LogP contribution is 2.53. The molecule has 1 N–H and O–H groups in total. The predicted molar refractivity (Wildman–Crippen MR) is 59.0 cm³/mol. The van der Waals surface area contributed by atoms with Crippen LogP contribution in [0.15, 0.2) is 0 Å². The minimum atomic E-state index is -6.20. The van der Waals surface area contributed by atoms with Crippen molar-refractivity contribution in [2.45, 2.75) is 55.0 Å². The monoisotopic (exact) mass is 373 g/mol. The first-order chi connectivity index (χ1) is 10.5. The molecule has 0 heterocycles. The Labute approximate surface area is 129 Å². The third kappa shape index (κ3) is 4.21. The number of esters is 1. The van der Waals surface area contributed by atoms with Gasteiger partial charge in [0, 0.05) is 0 Å². The number of halogens is 6. The molecule has 1 fully saturated rings. The smallest absolute Gasteiger partial charge is 0.425 e. The van der Waals surface area contributed by atoms with Crippen LogP contribution in [0.3, 0.4) is 0 Å². The highest BCUT2D eigenvalue weighted by molar-refractivity contribution is 7.96. The summed E-state index contributed by atoms with van der Waals surface area (Å²) in [4.78, 5) is 11.6. The molecular weight excluding hydrogens is 362 g/mol. The van der Waals surface area contributed by atoms with E-state index in [0.717, 1.165) is 0 Å². The Kier molecular flexibility index (Phi) is 6.55. The molecule has 0 aromatic heterocycles. The van der Waals surface area contributed by atoms with E-state index in [2.05, 4.69) is 14.1 Å². The number of carbonyl (C=O) groups is 1. The van der Waals surface area contributed by atoms with Crippen LogP contribution < -0.4 is 5.26 Å². The van der Waals surface area contributed by atoms with Gasteiger partial charge in [-0.1, -0.05) is 6.42 Å². The van der Waals surface area contributed by atoms with Crippen molar-refractivity contribution >= 4 is 18.0 Å². The molecular formula is C10H11F6O6S-. The van der Waals surface area contributed by atoms with E-state index >= 15 is 0 Å². The molecule has 0 aromatic rings. The van der Waals surface area contributed by atoms with Crippen LogP contribution >= 0.6 is 12.0 Å². The average molecular weight is 373 g/mol. The van der Waals surface area contributed by atoms with Gasteiger partial charge in [0.25, 0.3) is 0 Å². The lowest BCUT2D eigenvalue weighted by atomic mass is 9.94. The normalized spacial score (nSPS) is 23.7. The maximum absolute atomic E-state index is 13.0. The molecule has 13 heteroatoms. The van der Waals surface area contributed by atoms with E-state index in [0.29, 0.717) is 12.8 Å². The molecule has 1 rings (SSSR count). The predicted octanol–water partition coefficient (Wildman–Crippen LogP) is 1.57. The number of rotatable bonds is 5. The van der Waals surface area contributed by atoms with Gasteiger partial charge in [-0.2, -0.15) is 30.7 Å². The van der Waals surface area contributed by atoms with Gasteiger partial charge in [0.05, 0.1) is 18.1 Å². The van der Waals surface area contributed by atoms with Gasteiger partial charge >= 0.3 is 23.1 Å². The number of ether oxygens (including phenoxy) is 1. The van der Waals surface area contributed by atoms with E-state index in [1.165, 1.54) is 0 Å². The van der Waals surface area contributed by atoms with E-state index in [1.54, 1.807) is 0 Å². The SMILES string of the molecule is O=C(OC1CCCCC1O)C(SOO[O-])(C(F)(F)F)C(F)(F)F. The molecule has 2 atom stereocenters. The van der Waals surface area contributed by atoms with E-state index in [-0.39, 0.29) is 12.8 Å². The van der Waals surface area contributed by atoms with Gasteiger partial charge in [0.15, 0.2) is 0 Å². The molecule has 0 bridgehead atoms. The maximum Gasteiger partial charge on any atom is 0.425 e. The first-order valence-electron chi connectivity index (χ1n) is 6.14. The minimum Gasteiger partial charge on any atom is -0.691 e. The van der Waals surface area contributed by atoms with E-state index in [1.807, 2.05) is 0 Å². The summed E-state index contributed by atoms with van der Waals surface area (Å²) in [6.45, 7) is 0. The fourth-order valence-electron chi connectivity index (χ4n) is 2.02. The average Bonchev–Trinajstić information content (AvgIpc) is 2.39. The lowest BCUT2D eigenvalue weighted by Crippen LogP contribution is -2.61. The van der Waals surface area contributed by atoms with Crippen LogP contribution in [0.5, 0.6) is 0 Å². The second kappa shape index (κ2) is 7.42. The minimum absolute atomic E-state index is 0.0658. The van der Waals surface area contributed by atoms with Gasteiger partial charge in [0.2, 0.25) is 0 Å². The van der Waals surface area contributed by atoms with Crippen LogP contribution in [0, 0.1) is 0 Å². The molecule has 23 heavy (non-hydrogen) atoms. The molecule has 0 aliphatic heterocycles. The zero-order valence-corrected chi connectivity index (χ0v) is 12.0. The molecule has 136 valence electrons. The highest BCUT2D eigenvalue weighted by atomic mass is 32.2. The van der Waals surface area contributed by atoms with Crippen LogP contribution in [0.1, 0.15) is 25.7 Å². The summed E-state index contributed by atoms with van der Waals surface area (Å²) in [6, 6.07) is 0. The first kappa shape index (κ1) is 20.3. The Morgan fingerprint density at radius 3 is 2.04 bits per heavy atom. The van der Waals surface area contributed by atoms with Crippen molar-refractivity contribution in [3.63, 3.8) is 0 Å². The molecule has 0 spiro atoms. The summed E-state index contributed by atoms with van der Waals surface area (Å²) < 4.78 is 79.9. The van der Waals surface area contributed by atoms with Crippen LogP contribution in [-0.4, -0.2) is 40.4 Å². The zero-order valence-electron chi connectivity index (χ0n) is 11.1. The van der Waals surface area contributed by atoms with Crippen molar-refractivity contribution in [2.24, 2.45) is 0 Å². The zero-order chi connectivity index (χ0) is 17.9. The molecule has 0 aromatic carbocycles. The van der Waals surface area contributed by atoms with Crippen molar-refractivity contribution < 1.29 is 55.6 Å². The number of hydrogen-bond acceptors (Lipinski definition) is 7. The van der Waals surface area contributed by atoms with Crippen LogP contribution in [0.4, 0.5) is 26.3 Å². The Morgan fingerprint density at radius 1 is 1.09 bits per heavy atom. The molecule has 0 amide bonds. The lowest BCUT2D eigenvalue weighted by molar-refractivity contribution is -0.777. The van der Waals surface area contributed by atoms with E-state index in [4.69, 9.17) is 0 Å². The van der Waals surface area contributed by atoms with Gasteiger partial charge in [-0.05, 0) is 19.3 Å². The Bertz CT molecular complexity index is 400. The van der Waals surface area contributed by atoms with Gasteiger partial charge < -0.3 is 15.1 Å². The number of carbonyl (C=O) groups excluding carboxylic acids is 1. The topological polar surface area (TPSA) is 88.1 Å². The molecule has 1 saturated carbocycles. The van der Waals surface area contributed by atoms with Gasteiger partial charge in [-0.15, -0.1) is 0 Å². The Morgan fingerprint density at radius 2 is 1.61 bits per heavy atom. The van der Waals surface area contributed by atoms with E-state index in [9.17, 15) is 41.5 Å². The quantitative estimate of drug-likeness (QED) is 0.257. The van der Waals surface area contributed by atoms with Crippen LogP contribution in [-0.2, 0) is 18.9 Å². The first-order valence-corrected chi connectivity index (χ1v) is 6.88. The fraction of sp³-hybridized carbons (Fsp3) is 0.900. The molecule has 2 unspecified atom stereocenters. The largest absolute Gasteiger partial charge is 0.691 e. The standard InChI is InChI=1S/C10H12F6O6S/c11-9(12,13)8(10(14,15)16,23-22-21-19)7(18)20-6-4-2-1-3-5(6)17/h5-6,17,19H,1-4H2/p-1. The summed E-state index contributed by atoms with van der Waals surface area (Å²) in [5.41, 5.74) is 0. The Balaban J connectivity index is 3.13. The van der Waals surface area contributed by atoms with Crippen molar-refractivity contribution in [1.82, 2.24) is 0 Å². The summed E-state index contributed by atoms with van der Waals surface area (Å²) >= 11 is -1.56. The molecule has 6 nitrogen and oxygen atoms in total. The lowest BCUT2D eigenvalue weighted by Gasteiger charge is -2.35. The number of hydrogen-bond donors (Lipinski definition) is 1. The Hall–Kier alpha value is -0.760. The second-order valence-electron chi connectivity index (χ2n) is 4.69. The molecule has 0 saturated heterocycles. The summed E-state index contributed by atoms with van der Waals surface area (Å²) in [5, 5.41) is 21.6. The highest BCUT2D eigenvalue weighted by Gasteiger charge is 2.79. The van der Waals surface area contributed by atoms with E-state index < -0.39 is 47.3 Å². The molecule has 0 radical (unpaired) electrons. The fourth-order valence-corrected chi connectivity index (χ4v) is 2.46. The third-order valence-electron chi connectivity index (χ3n) is 3.20. The van der Waals surface area contributed by atoms with Gasteiger partial charge in [-0.25, -0.2) is 4.79 Å². The third-order valence-corrected chi connectivity index (χ3v) is 4.20. The summed E-state index contributed by atoms with van der Waals surface area (Å²) in [6.07, 6.45) is -14.5. The van der Waals surface area contributed by atoms with Crippen LogP contribution in [0.2, 0.25) is 0 Å². The van der Waals surface area contributed by atoms with Gasteiger partial charge in [0.1, 0.15) is 6.10 Å². The summed E-state index contributed by atoms with van der Waals surface area (Å²) in [7, 11) is 0. The summed E-state index contributed by atoms with van der Waals surface area (Å²) in [5.74, 6) is -2.74. The van der Waals surface area contributed by atoms with Crippen molar-refractivity contribution in [3.05, 3.63) is 0 Å². The molecule has 1 aliphatic carbocycles. The van der Waals surface area contributed by atoms with Crippen LogP contribution in [0.25, 0.3) is 0 Å². The van der Waals surface area contributed by atoms with Crippen molar-refractivity contribution in [3.8, 4) is 0 Å². The number of alkyl halides is 6.